The summed E-state index contributed by atoms with van der Waals surface area (Å²) in [6, 6.07) is 5.35. The molecule has 1 aromatic heterocycles. The van der Waals surface area contributed by atoms with E-state index in [1.165, 1.54) is 25.7 Å². The van der Waals surface area contributed by atoms with E-state index < -0.39 is 0 Å². The summed E-state index contributed by atoms with van der Waals surface area (Å²) in [5, 5.41) is 3.43. The van der Waals surface area contributed by atoms with Gasteiger partial charge >= 0.3 is 0 Å². The Kier molecular flexibility index (Phi) is 3.12. The van der Waals surface area contributed by atoms with Crippen molar-refractivity contribution in [3.05, 3.63) is 18.3 Å². The second-order valence-electron chi connectivity index (χ2n) is 5.74. The highest BCUT2D eigenvalue weighted by Crippen LogP contribution is 2.37. The van der Waals surface area contributed by atoms with Crippen molar-refractivity contribution < 1.29 is 0 Å². The fourth-order valence-corrected chi connectivity index (χ4v) is 3.48. The van der Waals surface area contributed by atoms with E-state index in [1.54, 1.807) is 6.20 Å². The Morgan fingerprint density at radius 3 is 2.78 bits per heavy atom. The van der Waals surface area contributed by atoms with Gasteiger partial charge in [0, 0.05) is 36.6 Å². The molecule has 2 saturated heterocycles. The lowest BCUT2D eigenvalue weighted by molar-refractivity contribution is 0.139. The summed E-state index contributed by atoms with van der Waals surface area (Å²) in [4.78, 5) is 6.87. The third kappa shape index (κ3) is 2.29. The van der Waals surface area contributed by atoms with Crippen molar-refractivity contribution in [3.8, 4) is 0 Å². The molecule has 0 spiro atoms. The van der Waals surface area contributed by atoms with Crippen molar-refractivity contribution in [2.24, 2.45) is 5.92 Å². The fraction of sp³-hybridized carbons (Fsp3) is 0.643. The standard InChI is InChI=1S/C14H22N4/c1-18-12-2-3-13(18)7-10(6-12)9-17-14-8-11(15)4-5-16-14/h4-5,8,10,12-13H,2-3,6-7,9H2,1H3,(H3,15,16,17). The highest BCUT2D eigenvalue weighted by Gasteiger charge is 2.38. The molecule has 3 rings (SSSR count). The molecule has 2 bridgehead atoms. The van der Waals surface area contributed by atoms with E-state index in [2.05, 4.69) is 22.2 Å². The van der Waals surface area contributed by atoms with Crippen molar-refractivity contribution in [1.82, 2.24) is 9.88 Å². The molecule has 0 amide bonds. The van der Waals surface area contributed by atoms with Gasteiger partial charge in [0.25, 0.3) is 0 Å². The Morgan fingerprint density at radius 1 is 1.39 bits per heavy atom. The third-order valence-electron chi connectivity index (χ3n) is 4.55. The number of anilines is 2. The summed E-state index contributed by atoms with van der Waals surface area (Å²) in [6.07, 6.45) is 7.17. The van der Waals surface area contributed by atoms with E-state index in [0.717, 1.165) is 36.1 Å². The van der Waals surface area contributed by atoms with Crippen LogP contribution in [0.5, 0.6) is 0 Å². The maximum atomic E-state index is 5.75. The smallest absolute Gasteiger partial charge is 0.127 e. The molecule has 0 aromatic carbocycles. The van der Waals surface area contributed by atoms with E-state index >= 15 is 0 Å². The Balaban J connectivity index is 1.55. The number of hydrogen-bond donors (Lipinski definition) is 2. The van der Waals surface area contributed by atoms with Gasteiger partial charge in [-0.05, 0) is 44.7 Å². The summed E-state index contributed by atoms with van der Waals surface area (Å²) in [5.74, 6) is 1.68. The normalized spacial score (nSPS) is 31.5. The fourth-order valence-electron chi connectivity index (χ4n) is 3.48. The molecule has 2 unspecified atom stereocenters. The molecule has 2 aliphatic heterocycles. The highest BCUT2D eigenvalue weighted by molar-refractivity contribution is 5.48. The molecule has 3 N–H and O–H groups in total. The summed E-state index contributed by atoms with van der Waals surface area (Å²) >= 11 is 0. The van der Waals surface area contributed by atoms with Gasteiger partial charge in [-0.2, -0.15) is 0 Å². The lowest BCUT2D eigenvalue weighted by atomic mass is 9.91. The van der Waals surface area contributed by atoms with Crippen LogP contribution in [0.2, 0.25) is 0 Å². The van der Waals surface area contributed by atoms with Crippen molar-refractivity contribution in [3.63, 3.8) is 0 Å². The number of hydrogen-bond acceptors (Lipinski definition) is 4. The van der Waals surface area contributed by atoms with E-state index in [-0.39, 0.29) is 0 Å². The number of nitrogen functional groups attached to an aromatic ring is 1. The van der Waals surface area contributed by atoms with Crippen LogP contribution in [0, 0.1) is 5.92 Å². The predicted molar refractivity (Wildman–Crippen MR) is 74.4 cm³/mol. The lowest BCUT2D eigenvalue weighted by Crippen LogP contribution is -2.41. The molecule has 2 atom stereocenters. The SMILES string of the molecule is CN1C2CCC1CC(CNc1cc(N)ccn1)C2. The topological polar surface area (TPSA) is 54.2 Å². The van der Waals surface area contributed by atoms with Gasteiger partial charge in [-0.1, -0.05) is 0 Å². The van der Waals surface area contributed by atoms with Crippen LogP contribution < -0.4 is 11.1 Å². The zero-order chi connectivity index (χ0) is 12.5. The monoisotopic (exact) mass is 246 g/mol. The van der Waals surface area contributed by atoms with Crippen molar-refractivity contribution in [2.45, 2.75) is 37.8 Å². The van der Waals surface area contributed by atoms with Crippen molar-refractivity contribution in [2.75, 3.05) is 24.6 Å². The van der Waals surface area contributed by atoms with E-state index in [4.69, 9.17) is 5.73 Å². The van der Waals surface area contributed by atoms with Gasteiger partial charge in [-0.15, -0.1) is 0 Å². The first-order valence-electron chi connectivity index (χ1n) is 6.89. The van der Waals surface area contributed by atoms with Gasteiger partial charge in [0.1, 0.15) is 5.82 Å². The van der Waals surface area contributed by atoms with Crippen LogP contribution in [-0.2, 0) is 0 Å². The zero-order valence-electron chi connectivity index (χ0n) is 11.0. The summed E-state index contributed by atoms with van der Waals surface area (Å²) in [5.41, 5.74) is 6.53. The molecule has 0 saturated carbocycles. The number of rotatable bonds is 3. The Bertz CT molecular complexity index is 406. The van der Waals surface area contributed by atoms with Crippen LogP contribution in [-0.4, -0.2) is 35.6 Å². The number of pyridine rings is 1. The van der Waals surface area contributed by atoms with Gasteiger partial charge in [0.2, 0.25) is 0 Å². The zero-order valence-corrected chi connectivity index (χ0v) is 11.0. The third-order valence-corrected chi connectivity index (χ3v) is 4.55. The molecule has 18 heavy (non-hydrogen) atoms. The first-order chi connectivity index (χ1) is 8.72. The average molecular weight is 246 g/mol. The summed E-state index contributed by atoms with van der Waals surface area (Å²) in [6.45, 7) is 1.03. The summed E-state index contributed by atoms with van der Waals surface area (Å²) < 4.78 is 0. The van der Waals surface area contributed by atoms with Gasteiger partial charge in [-0.25, -0.2) is 4.98 Å². The molecule has 0 aliphatic carbocycles. The van der Waals surface area contributed by atoms with Gasteiger partial charge < -0.3 is 16.0 Å². The van der Waals surface area contributed by atoms with Gasteiger partial charge in [-0.3, -0.25) is 0 Å². The first-order valence-corrected chi connectivity index (χ1v) is 6.89. The molecule has 0 radical (unpaired) electrons. The minimum absolute atomic E-state index is 0.774. The molecule has 2 aliphatic rings. The Morgan fingerprint density at radius 2 is 2.11 bits per heavy atom. The minimum atomic E-state index is 0.774. The quantitative estimate of drug-likeness (QED) is 0.856. The van der Waals surface area contributed by atoms with Crippen LogP contribution >= 0.6 is 0 Å². The van der Waals surface area contributed by atoms with E-state index in [9.17, 15) is 0 Å². The largest absolute Gasteiger partial charge is 0.399 e. The average Bonchev–Trinajstić information content (AvgIpc) is 2.60. The predicted octanol–water partition coefficient (Wildman–Crippen LogP) is 1.95. The maximum Gasteiger partial charge on any atom is 0.127 e. The molecule has 3 heterocycles. The second-order valence-corrected chi connectivity index (χ2v) is 5.74. The molecule has 4 nitrogen and oxygen atoms in total. The molecule has 1 aromatic rings. The number of piperidine rings is 1. The number of nitrogens with zero attached hydrogens (tertiary/aromatic N) is 2. The van der Waals surface area contributed by atoms with E-state index in [1.807, 2.05) is 12.1 Å². The van der Waals surface area contributed by atoms with Gasteiger partial charge in [0.05, 0.1) is 0 Å². The van der Waals surface area contributed by atoms with Crippen LogP contribution in [0.25, 0.3) is 0 Å². The van der Waals surface area contributed by atoms with Crippen molar-refractivity contribution >= 4 is 11.5 Å². The van der Waals surface area contributed by atoms with Crippen LogP contribution in [0.3, 0.4) is 0 Å². The van der Waals surface area contributed by atoms with E-state index in [0.29, 0.717) is 0 Å². The first kappa shape index (κ1) is 11.8. The number of aromatic nitrogens is 1. The van der Waals surface area contributed by atoms with Crippen molar-refractivity contribution in [1.29, 1.82) is 0 Å². The molecular formula is C14H22N4. The summed E-state index contributed by atoms with van der Waals surface area (Å²) in [7, 11) is 2.28. The Hall–Kier alpha value is -1.29. The number of nitrogens with two attached hydrogens (primary N) is 1. The highest BCUT2D eigenvalue weighted by atomic mass is 15.2. The van der Waals surface area contributed by atoms with Crippen LogP contribution in [0.15, 0.2) is 18.3 Å². The number of nitrogens with one attached hydrogen (secondary N) is 1. The van der Waals surface area contributed by atoms with Crippen LogP contribution in [0.1, 0.15) is 25.7 Å². The minimum Gasteiger partial charge on any atom is -0.399 e. The van der Waals surface area contributed by atoms with Gasteiger partial charge in [0.15, 0.2) is 0 Å². The number of fused-ring (bicyclic) bond motifs is 2. The van der Waals surface area contributed by atoms with Crippen LogP contribution in [0.4, 0.5) is 11.5 Å². The second kappa shape index (κ2) is 4.76. The lowest BCUT2D eigenvalue weighted by Gasteiger charge is -2.36. The Labute approximate surface area is 109 Å². The maximum absolute atomic E-state index is 5.75. The molecule has 98 valence electrons. The molecule has 2 fully saturated rings. The molecule has 4 heteroatoms. The molecular weight excluding hydrogens is 224 g/mol.